The summed E-state index contributed by atoms with van der Waals surface area (Å²) in [7, 11) is 0. The first-order chi connectivity index (χ1) is 7.25. The van der Waals surface area contributed by atoms with Crippen LogP contribution in [0.1, 0.15) is 0 Å². The van der Waals surface area contributed by atoms with Gasteiger partial charge < -0.3 is 4.74 Å². The van der Waals surface area contributed by atoms with Gasteiger partial charge in [-0.2, -0.15) is 0 Å². The summed E-state index contributed by atoms with van der Waals surface area (Å²) in [5.74, 6) is 1.33. The minimum atomic E-state index is 0.574. The number of benzene rings is 1. The van der Waals surface area contributed by atoms with Crippen LogP contribution in [0, 0.1) is 0 Å². The standard InChI is InChI=1S/C11H7Br2NO/c12-8-5-6-11(14-7-8)15-10-4-2-1-3-9(10)13/h1-7H. The van der Waals surface area contributed by atoms with Crippen LogP contribution in [-0.4, -0.2) is 4.98 Å². The maximum absolute atomic E-state index is 5.59. The zero-order valence-electron chi connectivity index (χ0n) is 7.65. The van der Waals surface area contributed by atoms with Crippen molar-refractivity contribution in [1.82, 2.24) is 4.98 Å². The van der Waals surface area contributed by atoms with E-state index < -0.39 is 0 Å². The summed E-state index contributed by atoms with van der Waals surface area (Å²) >= 11 is 6.72. The van der Waals surface area contributed by atoms with E-state index in [-0.39, 0.29) is 0 Å². The van der Waals surface area contributed by atoms with E-state index in [9.17, 15) is 0 Å². The monoisotopic (exact) mass is 327 g/mol. The van der Waals surface area contributed by atoms with E-state index >= 15 is 0 Å². The van der Waals surface area contributed by atoms with Crippen LogP contribution in [0.3, 0.4) is 0 Å². The second-order valence-electron chi connectivity index (χ2n) is 2.85. The molecule has 0 fully saturated rings. The molecule has 0 N–H and O–H groups in total. The molecule has 0 unspecified atom stereocenters. The van der Waals surface area contributed by atoms with Gasteiger partial charge in [0, 0.05) is 16.7 Å². The van der Waals surface area contributed by atoms with Gasteiger partial charge in [-0.15, -0.1) is 0 Å². The Bertz CT molecular complexity index is 456. The summed E-state index contributed by atoms with van der Waals surface area (Å²) in [6, 6.07) is 11.4. The predicted molar refractivity (Wildman–Crippen MR) is 66.2 cm³/mol. The first kappa shape index (κ1) is 10.6. The summed E-state index contributed by atoms with van der Waals surface area (Å²) in [6.07, 6.45) is 1.70. The van der Waals surface area contributed by atoms with E-state index in [1.807, 2.05) is 36.4 Å². The molecule has 76 valence electrons. The molecule has 1 aromatic carbocycles. The van der Waals surface area contributed by atoms with Gasteiger partial charge in [-0.05, 0) is 50.1 Å². The largest absolute Gasteiger partial charge is 0.438 e. The molecule has 0 radical (unpaired) electrons. The predicted octanol–water partition coefficient (Wildman–Crippen LogP) is 4.40. The van der Waals surface area contributed by atoms with E-state index in [2.05, 4.69) is 36.8 Å². The summed E-state index contributed by atoms with van der Waals surface area (Å²) in [5.41, 5.74) is 0. The number of hydrogen-bond acceptors (Lipinski definition) is 2. The number of rotatable bonds is 2. The number of aromatic nitrogens is 1. The van der Waals surface area contributed by atoms with Crippen LogP contribution in [0.2, 0.25) is 0 Å². The lowest BCUT2D eigenvalue weighted by molar-refractivity contribution is 0.460. The van der Waals surface area contributed by atoms with E-state index in [4.69, 9.17) is 4.74 Å². The second kappa shape index (κ2) is 4.77. The van der Waals surface area contributed by atoms with Crippen molar-refractivity contribution >= 4 is 31.9 Å². The quantitative estimate of drug-likeness (QED) is 0.815. The molecular formula is C11H7Br2NO. The minimum absolute atomic E-state index is 0.574. The molecule has 0 amide bonds. The smallest absolute Gasteiger partial charge is 0.219 e. The van der Waals surface area contributed by atoms with Crippen LogP contribution in [-0.2, 0) is 0 Å². The fourth-order valence-corrected chi connectivity index (χ4v) is 1.66. The summed E-state index contributed by atoms with van der Waals surface area (Å²) in [4.78, 5) is 4.12. The van der Waals surface area contributed by atoms with Crippen LogP contribution in [0.25, 0.3) is 0 Å². The molecule has 0 aliphatic heterocycles. The van der Waals surface area contributed by atoms with Crippen LogP contribution in [0.15, 0.2) is 51.5 Å². The van der Waals surface area contributed by atoms with Crippen LogP contribution >= 0.6 is 31.9 Å². The van der Waals surface area contributed by atoms with Crippen molar-refractivity contribution in [2.24, 2.45) is 0 Å². The highest BCUT2D eigenvalue weighted by molar-refractivity contribution is 9.10. The molecule has 2 nitrogen and oxygen atoms in total. The number of pyridine rings is 1. The van der Waals surface area contributed by atoms with Gasteiger partial charge in [-0.3, -0.25) is 0 Å². The maximum Gasteiger partial charge on any atom is 0.219 e. The molecule has 0 saturated heterocycles. The average molecular weight is 329 g/mol. The molecule has 0 saturated carbocycles. The van der Waals surface area contributed by atoms with Gasteiger partial charge in [0.2, 0.25) is 5.88 Å². The van der Waals surface area contributed by atoms with Gasteiger partial charge in [0.15, 0.2) is 0 Å². The number of para-hydroxylation sites is 1. The van der Waals surface area contributed by atoms with Crippen molar-refractivity contribution in [3.8, 4) is 11.6 Å². The SMILES string of the molecule is Brc1ccc(Oc2ccccc2Br)nc1. The maximum atomic E-state index is 5.59. The molecule has 15 heavy (non-hydrogen) atoms. The van der Waals surface area contributed by atoms with E-state index in [1.54, 1.807) is 6.20 Å². The zero-order valence-corrected chi connectivity index (χ0v) is 10.8. The fraction of sp³-hybridized carbons (Fsp3) is 0. The van der Waals surface area contributed by atoms with E-state index in [0.717, 1.165) is 14.7 Å². The third-order valence-corrected chi connectivity index (χ3v) is 2.88. The Kier molecular flexibility index (Phi) is 3.38. The second-order valence-corrected chi connectivity index (χ2v) is 4.62. The van der Waals surface area contributed by atoms with Crippen molar-refractivity contribution in [3.63, 3.8) is 0 Å². The first-order valence-corrected chi connectivity index (χ1v) is 5.88. The summed E-state index contributed by atoms with van der Waals surface area (Å²) in [6.45, 7) is 0. The van der Waals surface area contributed by atoms with Crippen LogP contribution < -0.4 is 4.74 Å². The highest BCUT2D eigenvalue weighted by Gasteiger charge is 2.01. The number of hydrogen-bond donors (Lipinski definition) is 0. The number of halogens is 2. The first-order valence-electron chi connectivity index (χ1n) is 4.29. The highest BCUT2D eigenvalue weighted by atomic mass is 79.9. The van der Waals surface area contributed by atoms with Crippen LogP contribution in [0.4, 0.5) is 0 Å². The normalized spacial score (nSPS) is 10.0. The Morgan fingerprint density at radius 1 is 1.00 bits per heavy atom. The van der Waals surface area contributed by atoms with Gasteiger partial charge in [-0.25, -0.2) is 4.98 Å². The molecule has 0 spiro atoms. The number of nitrogens with zero attached hydrogens (tertiary/aromatic N) is 1. The lowest BCUT2D eigenvalue weighted by atomic mass is 10.3. The molecule has 0 bridgehead atoms. The number of ether oxygens (including phenoxy) is 1. The molecule has 0 aliphatic carbocycles. The van der Waals surface area contributed by atoms with Crippen molar-refractivity contribution in [2.45, 2.75) is 0 Å². The molecule has 2 aromatic rings. The van der Waals surface area contributed by atoms with Crippen LogP contribution in [0.5, 0.6) is 11.6 Å². The Balaban J connectivity index is 2.22. The van der Waals surface area contributed by atoms with Crippen molar-refractivity contribution in [2.75, 3.05) is 0 Å². The Morgan fingerprint density at radius 2 is 1.80 bits per heavy atom. The van der Waals surface area contributed by atoms with E-state index in [1.165, 1.54) is 0 Å². The van der Waals surface area contributed by atoms with Crippen molar-refractivity contribution < 1.29 is 4.74 Å². The van der Waals surface area contributed by atoms with Crippen molar-refractivity contribution in [3.05, 3.63) is 51.5 Å². The van der Waals surface area contributed by atoms with Gasteiger partial charge in [0.25, 0.3) is 0 Å². The Morgan fingerprint density at radius 3 is 2.47 bits per heavy atom. The fourth-order valence-electron chi connectivity index (χ4n) is 1.06. The Hall–Kier alpha value is -0.870. The molecule has 1 heterocycles. The lowest BCUT2D eigenvalue weighted by Crippen LogP contribution is -1.87. The third kappa shape index (κ3) is 2.79. The summed E-state index contributed by atoms with van der Waals surface area (Å²) in [5, 5.41) is 0. The topological polar surface area (TPSA) is 22.1 Å². The molecular weight excluding hydrogens is 322 g/mol. The minimum Gasteiger partial charge on any atom is -0.438 e. The van der Waals surface area contributed by atoms with E-state index in [0.29, 0.717) is 5.88 Å². The lowest BCUT2D eigenvalue weighted by Gasteiger charge is -2.05. The Labute approximate surface area is 105 Å². The highest BCUT2D eigenvalue weighted by Crippen LogP contribution is 2.28. The van der Waals surface area contributed by atoms with Gasteiger partial charge >= 0.3 is 0 Å². The molecule has 1 aromatic heterocycles. The molecule has 0 atom stereocenters. The average Bonchev–Trinajstić information content (AvgIpc) is 2.25. The van der Waals surface area contributed by atoms with Crippen molar-refractivity contribution in [1.29, 1.82) is 0 Å². The zero-order chi connectivity index (χ0) is 10.7. The molecule has 2 rings (SSSR count). The van der Waals surface area contributed by atoms with Gasteiger partial charge in [0.1, 0.15) is 5.75 Å². The van der Waals surface area contributed by atoms with Gasteiger partial charge in [0.05, 0.1) is 4.47 Å². The summed E-state index contributed by atoms with van der Waals surface area (Å²) < 4.78 is 7.43. The third-order valence-electron chi connectivity index (χ3n) is 1.75. The molecule has 0 aliphatic rings. The van der Waals surface area contributed by atoms with Gasteiger partial charge in [-0.1, -0.05) is 12.1 Å². The molecule has 4 heteroatoms.